The summed E-state index contributed by atoms with van der Waals surface area (Å²) in [4.78, 5) is 8.75. The van der Waals surface area contributed by atoms with Crippen molar-refractivity contribution in [2.75, 3.05) is 24.8 Å². The van der Waals surface area contributed by atoms with E-state index < -0.39 is 0 Å². The standard InChI is InChI=1S/C16H22N4O/c1-3-6-15-19-14(17)11-16(20-15)18-13-8-5-4-7-12(13)9-10-21-2/h4-5,7-8,11H,3,6,9-10H2,1-2H3,(H3,17,18,19,20). The SMILES string of the molecule is CCCc1nc(N)cc(Nc2ccccc2CCOC)n1. The van der Waals surface area contributed by atoms with Crippen LogP contribution in [0.4, 0.5) is 17.3 Å². The van der Waals surface area contributed by atoms with Gasteiger partial charge in [-0.15, -0.1) is 0 Å². The maximum Gasteiger partial charge on any atom is 0.136 e. The zero-order chi connectivity index (χ0) is 15.1. The first-order valence-electron chi connectivity index (χ1n) is 7.20. The number of para-hydroxylation sites is 1. The van der Waals surface area contributed by atoms with Crippen molar-refractivity contribution >= 4 is 17.3 Å². The third-order valence-corrected chi connectivity index (χ3v) is 3.12. The van der Waals surface area contributed by atoms with Gasteiger partial charge in [-0.1, -0.05) is 25.1 Å². The fourth-order valence-corrected chi connectivity index (χ4v) is 2.13. The molecule has 0 aliphatic rings. The van der Waals surface area contributed by atoms with E-state index in [9.17, 15) is 0 Å². The van der Waals surface area contributed by atoms with Gasteiger partial charge in [-0.3, -0.25) is 0 Å². The molecule has 5 heteroatoms. The highest BCUT2D eigenvalue weighted by Gasteiger charge is 2.06. The van der Waals surface area contributed by atoms with Gasteiger partial charge in [0.15, 0.2) is 0 Å². The van der Waals surface area contributed by atoms with E-state index in [-0.39, 0.29) is 0 Å². The molecule has 0 fully saturated rings. The van der Waals surface area contributed by atoms with Crippen molar-refractivity contribution in [3.05, 3.63) is 41.7 Å². The zero-order valence-electron chi connectivity index (χ0n) is 12.6. The molecule has 0 amide bonds. The Kier molecular flexibility index (Phi) is 5.51. The van der Waals surface area contributed by atoms with Gasteiger partial charge in [-0.2, -0.15) is 0 Å². The van der Waals surface area contributed by atoms with Crippen LogP contribution in [-0.2, 0) is 17.6 Å². The van der Waals surface area contributed by atoms with Crippen LogP contribution in [0.15, 0.2) is 30.3 Å². The minimum absolute atomic E-state index is 0.491. The predicted molar refractivity (Wildman–Crippen MR) is 85.7 cm³/mol. The molecule has 0 atom stereocenters. The molecular formula is C16H22N4O. The second-order valence-electron chi connectivity index (χ2n) is 4.87. The summed E-state index contributed by atoms with van der Waals surface area (Å²) in [6.07, 6.45) is 2.67. The van der Waals surface area contributed by atoms with Gasteiger partial charge in [-0.05, 0) is 24.5 Å². The lowest BCUT2D eigenvalue weighted by Gasteiger charge is -2.12. The van der Waals surface area contributed by atoms with Gasteiger partial charge in [0.25, 0.3) is 0 Å². The van der Waals surface area contributed by atoms with Crippen LogP contribution >= 0.6 is 0 Å². The van der Waals surface area contributed by atoms with Crippen molar-refractivity contribution in [3.63, 3.8) is 0 Å². The molecule has 2 rings (SSSR count). The maximum absolute atomic E-state index is 5.85. The van der Waals surface area contributed by atoms with E-state index in [1.807, 2.05) is 18.2 Å². The summed E-state index contributed by atoms with van der Waals surface area (Å²) in [6.45, 7) is 2.78. The number of nitrogens with zero attached hydrogens (tertiary/aromatic N) is 2. The highest BCUT2D eigenvalue weighted by atomic mass is 16.5. The molecule has 0 unspecified atom stereocenters. The molecule has 0 saturated heterocycles. The van der Waals surface area contributed by atoms with Crippen LogP contribution in [0.25, 0.3) is 0 Å². The summed E-state index contributed by atoms with van der Waals surface area (Å²) in [5.41, 5.74) is 8.06. The third-order valence-electron chi connectivity index (χ3n) is 3.12. The van der Waals surface area contributed by atoms with E-state index >= 15 is 0 Å². The summed E-state index contributed by atoms with van der Waals surface area (Å²) >= 11 is 0. The fourth-order valence-electron chi connectivity index (χ4n) is 2.13. The smallest absolute Gasteiger partial charge is 0.136 e. The number of anilines is 3. The number of ether oxygens (including phenoxy) is 1. The van der Waals surface area contributed by atoms with Gasteiger partial charge >= 0.3 is 0 Å². The van der Waals surface area contributed by atoms with Crippen LogP contribution in [0.3, 0.4) is 0 Å². The average molecular weight is 286 g/mol. The Morgan fingerprint density at radius 1 is 1.19 bits per heavy atom. The molecule has 1 aromatic carbocycles. The Bertz CT molecular complexity index is 586. The molecule has 1 heterocycles. The molecule has 0 aliphatic carbocycles. The number of hydrogen-bond acceptors (Lipinski definition) is 5. The van der Waals surface area contributed by atoms with Gasteiger partial charge < -0.3 is 15.8 Å². The molecule has 1 aromatic heterocycles. The summed E-state index contributed by atoms with van der Waals surface area (Å²) in [5.74, 6) is 2.00. The first-order chi connectivity index (χ1) is 10.2. The average Bonchev–Trinajstić information content (AvgIpc) is 2.46. The van der Waals surface area contributed by atoms with Gasteiger partial charge in [0.05, 0.1) is 6.61 Å². The maximum atomic E-state index is 5.85. The summed E-state index contributed by atoms with van der Waals surface area (Å²) in [5, 5.41) is 3.33. The Morgan fingerprint density at radius 2 is 2.00 bits per heavy atom. The van der Waals surface area contributed by atoms with Gasteiger partial charge in [0.1, 0.15) is 17.5 Å². The summed E-state index contributed by atoms with van der Waals surface area (Å²) < 4.78 is 5.15. The molecule has 112 valence electrons. The normalized spacial score (nSPS) is 10.6. The number of nitrogen functional groups attached to an aromatic ring is 1. The van der Waals surface area contributed by atoms with Crippen molar-refractivity contribution in [2.24, 2.45) is 0 Å². The van der Waals surface area contributed by atoms with Crippen molar-refractivity contribution in [1.29, 1.82) is 0 Å². The molecule has 21 heavy (non-hydrogen) atoms. The predicted octanol–water partition coefficient (Wildman–Crippen LogP) is 2.94. The van der Waals surface area contributed by atoms with Crippen LogP contribution in [0.1, 0.15) is 24.7 Å². The van der Waals surface area contributed by atoms with E-state index in [2.05, 4.69) is 28.3 Å². The second-order valence-corrected chi connectivity index (χ2v) is 4.87. The quantitative estimate of drug-likeness (QED) is 0.818. The Morgan fingerprint density at radius 3 is 2.76 bits per heavy atom. The van der Waals surface area contributed by atoms with Crippen molar-refractivity contribution < 1.29 is 4.74 Å². The number of aromatic nitrogens is 2. The summed E-state index contributed by atoms with van der Waals surface area (Å²) in [6, 6.07) is 9.89. The molecule has 2 aromatic rings. The number of rotatable bonds is 7. The number of aryl methyl sites for hydroxylation is 1. The third kappa shape index (κ3) is 4.43. The van der Waals surface area contributed by atoms with E-state index in [0.29, 0.717) is 12.4 Å². The highest BCUT2D eigenvalue weighted by molar-refractivity contribution is 5.62. The Balaban J connectivity index is 2.21. The van der Waals surface area contributed by atoms with E-state index in [1.54, 1.807) is 13.2 Å². The van der Waals surface area contributed by atoms with E-state index in [1.165, 1.54) is 5.56 Å². The minimum atomic E-state index is 0.491. The molecule has 0 bridgehead atoms. The molecular weight excluding hydrogens is 264 g/mol. The van der Waals surface area contributed by atoms with E-state index in [0.717, 1.165) is 36.6 Å². The molecule has 0 spiro atoms. The van der Waals surface area contributed by atoms with E-state index in [4.69, 9.17) is 10.5 Å². The first kappa shape index (κ1) is 15.3. The Labute approximate surface area is 125 Å². The van der Waals surface area contributed by atoms with Crippen LogP contribution < -0.4 is 11.1 Å². The molecule has 0 aliphatic heterocycles. The lowest BCUT2D eigenvalue weighted by Crippen LogP contribution is -2.05. The zero-order valence-corrected chi connectivity index (χ0v) is 12.6. The number of benzene rings is 1. The number of nitrogens with one attached hydrogen (secondary N) is 1. The van der Waals surface area contributed by atoms with Crippen molar-refractivity contribution in [2.45, 2.75) is 26.2 Å². The molecule has 3 N–H and O–H groups in total. The first-order valence-corrected chi connectivity index (χ1v) is 7.20. The monoisotopic (exact) mass is 286 g/mol. The van der Waals surface area contributed by atoms with Crippen LogP contribution in [0.5, 0.6) is 0 Å². The largest absolute Gasteiger partial charge is 0.384 e. The van der Waals surface area contributed by atoms with Crippen molar-refractivity contribution in [3.8, 4) is 0 Å². The van der Waals surface area contributed by atoms with Crippen LogP contribution in [0, 0.1) is 0 Å². The number of hydrogen-bond donors (Lipinski definition) is 2. The number of methoxy groups -OCH3 is 1. The highest BCUT2D eigenvalue weighted by Crippen LogP contribution is 2.21. The van der Waals surface area contributed by atoms with Gasteiger partial charge in [0.2, 0.25) is 0 Å². The van der Waals surface area contributed by atoms with Crippen LogP contribution in [-0.4, -0.2) is 23.7 Å². The van der Waals surface area contributed by atoms with Crippen LogP contribution in [0.2, 0.25) is 0 Å². The number of nitrogens with two attached hydrogens (primary N) is 1. The lowest BCUT2D eigenvalue weighted by molar-refractivity contribution is 0.202. The lowest BCUT2D eigenvalue weighted by atomic mass is 10.1. The molecule has 0 saturated carbocycles. The van der Waals surface area contributed by atoms with Gasteiger partial charge in [-0.25, -0.2) is 9.97 Å². The molecule has 5 nitrogen and oxygen atoms in total. The minimum Gasteiger partial charge on any atom is -0.384 e. The fraction of sp³-hybridized carbons (Fsp3) is 0.375. The van der Waals surface area contributed by atoms with Gasteiger partial charge in [0, 0.05) is 25.3 Å². The molecule has 0 radical (unpaired) electrons. The topological polar surface area (TPSA) is 73.1 Å². The second kappa shape index (κ2) is 7.59. The Hall–Kier alpha value is -2.14. The summed E-state index contributed by atoms with van der Waals surface area (Å²) in [7, 11) is 1.71. The van der Waals surface area contributed by atoms with Crippen molar-refractivity contribution in [1.82, 2.24) is 9.97 Å².